The fourth-order valence-corrected chi connectivity index (χ4v) is 1.85. The van der Waals surface area contributed by atoms with Gasteiger partial charge >= 0.3 is 0 Å². The van der Waals surface area contributed by atoms with E-state index in [0.29, 0.717) is 6.54 Å². The van der Waals surface area contributed by atoms with Gasteiger partial charge in [0.05, 0.1) is 5.92 Å². The molecule has 0 bridgehead atoms. The topological polar surface area (TPSA) is 64.3 Å². The van der Waals surface area contributed by atoms with Gasteiger partial charge < -0.3 is 15.8 Å². The highest BCUT2D eigenvalue weighted by molar-refractivity contribution is 5.81. The third-order valence-electron chi connectivity index (χ3n) is 3.18. The molecular formula is C13H24N2O2. The molecule has 0 heterocycles. The molecule has 1 aliphatic carbocycles. The average molecular weight is 240 g/mol. The smallest absolute Gasteiger partial charge is 0.227 e. The molecule has 0 saturated carbocycles. The van der Waals surface area contributed by atoms with Gasteiger partial charge in [-0.25, -0.2) is 0 Å². The molecule has 1 rings (SSSR count). The number of rotatable bonds is 6. The Hall–Kier alpha value is -0.870. The van der Waals surface area contributed by atoms with Crippen LogP contribution in [0.4, 0.5) is 0 Å². The molecule has 98 valence electrons. The van der Waals surface area contributed by atoms with Gasteiger partial charge in [0.25, 0.3) is 0 Å². The Morgan fingerprint density at radius 3 is 2.76 bits per heavy atom. The number of nitrogens with two attached hydrogens (primary N) is 1. The van der Waals surface area contributed by atoms with Gasteiger partial charge in [-0.3, -0.25) is 4.79 Å². The minimum Gasteiger partial charge on any atom is -0.385 e. The Kier molecular flexibility index (Phi) is 5.15. The first kappa shape index (κ1) is 14.2. The molecule has 4 heteroatoms. The number of carbonyl (C=O) groups excluding carboxylic acids is 1. The summed E-state index contributed by atoms with van der Waals surface area (Å²) < 4.78 is 5.06. The van der Waals surface area contributed by atoms with Gasteiger partial charge in [-0.1, -0.05) is 26.0 Å². The van der Waals surface area contributed by atoms with E-state index < -0.39 is 0 Å². The number of ether oxygens (including phenoxy) is 1. The monoisotopic (exact) mass is 240 g/mol. The van der Waals surface area contributed by atoms with Crippen LogP contribution in [0.25, 0.3) is 0 Å². The van der Waals surface area contributed by atoms with Crippen LogP contribution < -0.4 is 11.1 Å². The van der Waals surface area contributed by atoms with Crippen molar-refractivity contribution < 1.29 is 9.53 Å². The van der Waals surface area contributed by atoms with Crippen LogP contribution in [0.3, 0.4) is 0 Å². The quantitative estimate of drug-likeness (QED) is 0.683. The Morgan fingerprint density at radius 1 is 1.53 bits per heavy atom. The molecule has 0 radical (unpaired) electrons. The van der Waals surface area contributed by atoms with E-state index in [4.69, 9.17) is 10.5 Å². The molecule has 0 spiro atoms. The third-order valence-corrected chi connectivity index (χ3v) is 3.18. The maximum atomic E-state index is 11.9. The lowest BCUT2D eigenvalue weighted by molar-refractivity contribution is -0.124. The molecule has 2 unspecified atom stereocenters. The summed E-state index contributed by atoms with van der Waals surface area (Å²) in [4.78, 5) is 11.9. The van der Waals surface area contributed by atoms with Crippen molar-refractivity contribution in [3.63, 3.8) is 0 Å². The Labute approximate surface area is 104 Å². The lowest BCUT2D eigenvalue weighted by Crippen LogP contribution is -2.38. The molecule has 3 N–H and O–H groups in total. The van der Waals surface area contributed by atoms with Crippen LogP contribution in [-0.4, -0.2) is 32.2 Å². The zero-order chi connectivity index (χ0) is 12.9. The number of methoxy groups -OCH3 is 1. The van der Waals surface area contributed by atoms with Crippen LogP contribution >= 0.6 is 0 Å². The summed E-state index contributed by atoms with van der Waals surface area (Å²) in [5.41, 5.74) is 5.79. The number of amides is 1. The summed E-state index contributed by atoms with van der Waals surface area (Å²) in [6.07, 6.45) is 5.47. The van der Waals surface area contributed by atoms with E-state index in [2.05, 4.69) is 19.2 Å². The molecule has 1 amide bonds. The van der Waals surface area contributed by atoms with E-state index in [-0.39, 0.29) is 23.3 Å². The summed E-state index contributed by atoms with van der Waals surface area (Å²) in [6.45, 7) is 5.65. The van der Waals surface area contributed by atoms with E-state index in [1.54, 1.807) is 7.11 Å². The van der Waals surface area contributed by atoms with Gasteiger partial charge in [-0.05, 0) is 18.3 Å². The standard InChI is InChI=1S/C13H24N2O2/c1-13(2,6-7-17-3)9-15-12(16)10-4-5-11(14)8-10/h4-5,10-11H,6-9,14H2,1-3H3,(H,15,16). The van der Waals surface area contributed by atoms with Crippen molar-refractivity contribution in [3.8, 4) is 0 Å². The lowest BCUT2D eigenvalue weighted by Gasteiger charge is -2.25. The van der Waals surface area contributed by atoms with Gasteiger partial charge in [-0.2, -0.15) is 0 Å². The van der Waals surface area contributed by atoms with Crippen LogP contribution in [0.5, 0.6) is 0 Å². The predicted octanol–water partition coefficient (Wildman–Crippen LogP) is 1.07. The summed E-state index contributed by atoms with van der Waals surface area (Å²) in [5.74, 6) is 0.0305. The van der Waals surface area contributed by atoms with E-state index in [0.717, 1.165) is 19.4 Å². The predicted molar refractivity (Wildman–Crippen MR) is 68.5 cm³/mol. The van der Waals surface area contributed by atoms with Crippen molar-refractivity contribution in [3.05, 3.63) is 12.2 Å². The van der Waals surface area contributed by atoms with E-state index >= 15 is 0 Å². The Morgan fingerprint density at radius 2 is 2.24 bits per heavy atom. The molecule has 2 atom stereocenters. The molecule has 0 fully saturated rings. The lowest BCUT2D eigenvalue weighted by atomic mass is 9.89. The number of nitrogens with one attached hydrogen (secondary N) is 1. The summed E-state index contributed by atoms with van der Waals surface area (Å²) in [6, 6.07) is 0.0345. The largest absolute Gasteiger partial charge is 0.385 e. The average Bonchev–Trinajstić information content (AvgIpc) is 2.70. The SMILES string of the molecule is COCCC(C)(C)CNC(=O)C1C=CC(N)C1. The number of hydrogen-bond acceptors (Lipinski definition) is 3. The fourth-order valence-electron chi connectivity index (χ4n) is 1.85. The van der Waals surface area contributed by atoms with Crippen molar-refractivity contribution >= 4 is 5.91 Å². The molecule has 17 heavy (non-hydrogen) atoms. The molecule has 4 nitrogen and oxygen atoms in total. The van der Waals surface area contributed by atoms with E-state index in [9.17, 15) is 4.79 Å². The van der Waals surface area contributed by atoms with Gasteiger partial charge in [0.1, 0.15) is 0 Å². The normalized spacial score (nSPS) is 24.0. The zero-order valence-corrected chi connectivity index (χ0v) is 11.0. The van der Waals surface area contributed by atoms with Gasteiger partial charge in [0, 0.05) is 26.3 Å². The Balaban J connectivity index is 2.30. The highest BCUT2D eigenvalue weighted by atomic mass is 16.5. The molecular weight excluding hydrogens is 216 g/mol. The first-order chi connectivity index (χ1) is 7.94. The van der Waals surface area contributed by atoms with Crippen molar-refractivity contribution in [1.82, 2.24) is 5.32 Å². The third kappa shape index (κ3) is 4.88. The zero-order valence-electron chi connectivity index (χ0n) is 11.0. The second-order valence-electron chi connectivity index (χ2n) is 5.52. The molecule has 0 saturated heterocycles. The second kappa shape index (κ2) is 6.17. The van der Waals surface area contributed by atoms with Crippen molar-refractivity contribution in [2.75, 3.05) is 20.3 Å². The number of hydrogen-bond donors (Lipinski definition) is 2. The first-order valence-electron chi connectivity index (χ1n) is 6.15. The molecule has 0 aromatic rings. The van der Waals surface area contributed by atoms with Crippen molar-refractivity contribution in [2.45, 2.75) is 32.7 Å². The molecule has 1 aliphatic rings. The fraction of sp³-hybridized carbons (Fsp3) is 0.769. The van der Waals surface area contributed by atoms with Crippen LogP contribution in [0, 0.1) is 11.3 Å². The second-order valence-corrected chi connectivity index (χ2v) is 5.52. The first-order valence-corrected chi connectivity index (χ1v) is 6.15. The van der Waals surface area contributed by atoms with Crippen LogP contribution in [0.15, 0.2) is 12.2 Å². The highest BCUT2D eigenvalue weighted by Crippen LogP contribution is 2.20. The maximum absolute atomic E-state index is 11.9. The minimum atomic E-state index is -0.0526. The van der Waals surface area contributed by atoms with Gasteiger partial charge in [-0.15, -0.1) is 0 Å². The Bertz CT molecular complexity index is 287. The van der Waals surface area contributed by atoms with E-state index in [1.165, 1.54) is 0 Å². The van der Waals surface area contributed by atoms with Crippen molar-refractivity contribution in [2.24, 2.45) is 17.1 Å². The van der Waals surface area contributed by atoms with Crippen LogP contribution in [-0.2, 0) is 9.53 Å². The number of carbonyl (C=O) groups is 1. The molecule has 0 aliphatic heterocycles. The summed E-state index contributed by atoms with van der Waals surface area (Å²) >= 11 is 0. The minimum absolute atomic E-state index is 0.0345. The highest BCUT2D eigenvalue weighted by Gasteiger charge is 2.25. The van der Waals surface area contributed by atoms with E-state index in [1.807, 2.05) is 12.2 Å². The summed E-state index contributed by atoms with van der Waals surface area (Å²) in [5, 5.41) is 2.99. The molecule has 0 aromatic carbocycles. The summed E-state index contributed by atoms with van der Waals surface area (Å²) in [7, 11) is 1.69. The van der Waals surface area contributed by atoms with Gasteiger partial charge in [0.15, 0.2) is 0 Å². The van der Waals surface area contributed by atoms with Crippen LogP contribution in [0.1, 0.15) is 26.7 Å². The molecule has 0 aromatic heterocycles. The van der Waals surface area contributed by atoms with Crippen molar-refractivity contribution in [1.29, 1.82) is 0 Å². The van der Waals surface area contributed by atoms with Crippen LogP contribution in [0.2, 0.25) is 0 Å². The maximum Gasteiger partial charge on any atom is 0.227 e. The van der Waals surface area contributed by atoms with Gasteiger partial charge in [0.2, 0.25) is 5.91 Å².